The van der Waals surface area contributed by atoms with Crippen LogP contribution in [0.1, 0.15) is 40.8 Å². The molecule has 1 amide bonds. The number of aryl methyl sites for hydroxylation is 3. The summed E-state index contributed by atoms with van der Waals surface area (Å²) in [5.41, 5.74) is 4.29. The van der Waals surface area contributed by atoms with Crippen molar-refractivity contribution in [2.45, 2.75) is 52.4 Å². The average Bonchev–Trinajstić information content (AvgIpc) is 3.18. The van der Waals surface area contributed by atoms with E-state index in [2.05, 4.69) is 15.4 Å². The van der Waals surface area contributed by atoms with Gasteiger partial charge in [0, 0.05) is 31.3 Å². The number of pyridine rings is 1. The molecule has 0 bridgehead atoms. The molecule has 9 heteroatoms. The van der Waals surface area contributed by atoms with E-state index in [1.807, 2.05) is 58.9 Å². The molecule has 0 saturated carbocycles. The minimum absolute atomic E-state index is 0.132. The molecule has 3 heterocycles. The lowest BCUT2D eigenvalue weighted by Crippen LogP contribution is -2.42. The third-order valence-corrected chi connectivity index (χ3v) is 8.84. The van der Waals surface area contributed by atoms with E-state index in [0.717, 1.165) is 27.9 Å². The van der Waals surface area contributed by atoms with Gasteiger partial charge in [-0.2, -0.15) is 14.1 Å². The quantitative estimate of drug-likeness (QED) is 0.597. The fraction of sp³-hybridized carbons (Fsp3) is 0.400. The van der Waals surface area contributed by atoms with Gasteiger partial charge in [-0.3, -0.25) is 4.79 Å². The predicted octanol–water partition coefficient (Wildman–Crippen LogP) is 3.85. The lowest BCUT2D eigenvalue weighted by atomic mass is 9.97. The molecular formula is C25H31N5O3S. The molecule has 1 aliphatic heterocycles. The summed E-state index contributed by atoms with van der Waals surface area (Å²) in [5, 5.41) is 7.41. The van der Waals surface area contributed by atoms with Gasteiger partial charge < -0.3 is 5.32 Å². The minimum atomic E-state index is -3.64. The van der Waals surface area contributed by atoms with E-state index in [1.165, 1.54) is 4.31 Å². The summed E-state index contributed by atoms with van der Waals surface area (Å²) >= 11 is 0. The van der Waals surface area contributed by atoms with Crippen LogP contribution < -0.4 is 5.32 Å². The van der Waals surface area contributed by atoms with Gasteiger partial charge in [0.15, 0.2) is 5.82 Å². The van der Waals surface area contributed by atoms with Crippen LogP contribution in [0, 0.1) is 40.5 Å². The molecule has 0 atom stereocenters. The first kappa shape index (κ1) is 24.1. The highest BCUT2D eigenvalue weighted by Crippen LogP contribution is 2.31. The average molecular weight is 482 g/mol. The molecule has 1 fully saturated rings. The Morgan fingerprint density at radius 2 is 1.65 bits per heavy atom. The number of nitrogens with zero attached hydrogens (tertiary/aromatic N) is 4. The molecule has 0 spiro atoms. The number of sulfonamides is 1. The number of hydrogen-bond acceptors (Lipinski definition) is 5. The van der Waals surface area contributed by atoms with Gasteiger partial charge in [0.05, 0.1) is 10.6 Å². The topological polar surface area (TPSA) is 97.2 Å². The third kappa shape index (κ3) is 4.50. The highest BCUT2D eigenvalue weighted by Gasteiger charge is 2.34. The first-order valence-corrected chi connectivity index (χ1v) is 12.9. The Hall–Kier alpha value is -3.04. The van der Waals surface area contributed by atoms with Crippen molar-refractivity contribution in [1.82, 2.24) is 19.1 Å². The summed E-state index contributed by atoms with van der Waals surface area (Å²) in [5.74, 6) is 0.761. The number of nitrogens with one attached hydrogen (secondary N) is 1. The fourth-order valence-corrected chi connectivity index (χ4v) is 6.57. The molecule has 8 nitrogen and oxygen atoms in total. The van der Waals surface area contributed by atoms with Crippen LogP contribution in [-0.2, 0) is 14.8 Å². The van der Waals surface area contributed by atoms with Gasteiger partial charge in [-0.15, -0.1) is 0 Å². The number of piperidine rings is 1. The van der Waals surface area contributed by atoms with Gasteiger partial charge in [-0.1, -0.05) is 12.1 Å². The summed E-state index contributed by atoms with van der Waals surface area (Å²) in [6.45, 7) is 10.1. The summed E-state index contributed by atoms with van der Waals surface area (Å²) in [6, 6.07) is 9.33. The first-order valence-electron chi connectivity index (χ1n) is 11.5. The Balaban J connectivity index is 1.48. The maximum absolute atomic E-state index is 13.5. The van der Waals surface area contributed by atoms with Crippen molar-refractivity contribution in [3.63, 3.8) is 0 Å². The second-order valence-corrected chi connectivity index (χ2v) is 10.9. The van der Waals surface area contributed by atoms with Gasteiger partial charge in [0.2, 0.25) is 15.9 Å². The van der Waals surface area contributed by atoms with Gasteiger partial charge in [-0.25, -0.2) is 13.4 Å². The number of aromatic nitrogens is 3. The van der Waals surface area contributed by atoms with E-state index >= 15 is 0 Å². The van der Waals surface area contributed by atoms with Crippen molar-refractivity contribution in [3.05, 3.63) is 64.5 Å². The Kier molecular flexibility index (Phi) is 6.60. The van der Waals surface area contributed by atoms with Gasteiger partial charge >= 0.3 is 0 Å². The maximum atomic E-state index is 13.5. The van der Waals surface area contributed by atoms with Crippen LogP contribution in [0.15, 0.2) is 41.4 Å². The van der Waals surface area contributed by atoms with Gasteiger partial charge in [-0.05, 0) is 81.8 Å². The van der Waals surface area contributed by atoms with Crippen LogP contribution >= 0.6 is 0 Å². The molecule has 4 rings (SSSR count). The van der Waals surface area contributed by atoms with Gasteiger partial charge in [0.1, 0.15) is 5.82 Å². The molecule has 0 aliphatic carbocycles. The van der Waals surface area contributed by atoms with E-state index in [0.29, 0.717) is 42.5 Å². The van der Waals surface area contributed by atoms with Crippen LogP contribution in [0.2, 0.25) is 0 Å². The van der Waals surface area contributed by atoms with E-state index in [4.69, 9.17) is 0 Å². The van der Waals surface area contributed by atoms with Crippen LogP contribution in [-0.4, -0.2) is 46.5 Å². The summed E-state index contributed by atoms with van der Waals surface area (Å²) in [6.07, 6.45) is 2.60. The fourth-order valence-electron chi connectivity index (χ4n) is 4.53. The van der Waals surface area contributed by atoms with Crippen LogP contribution in [0.5, 0.6) is 0 Å². The van der Waals surface area contributed by atoms with Crippen LogP contribution in [0.4, 0.5) is 5.82 Å². The first-order chi connectivity index (χ1) is 16.1. The van der Waals surface area contributed by atoms with E-state index < -0.39 is 10.0 Å². The largest absolute Gasteiger partial charge is 0.310 e. The SMILES string of the molecule is Cc1cc(NC(=O)C2CCN(S(=O)(=O)c3c(C)c(C)cc(C)c3C)CC2)n(-c2ccccn2)n1. The zero-order chi connectivity index (χ0) is 24.6. The van der Waals surface area contributed by atoms with Crippen molar-refractivity contribution in [1.29, 1.82) is 0 Å². The molecule has 1 aliphatic rings. The van der Waals surface area contributed by atoms with Crippen molar-refractivity contribution in [2.75, 3.05) is 18.4 Å². The maximum Gasteiger partial charge on any atom is 0.243 e. The number of hydrogen-bond donors (Lipinski definition) is 1. The number of carbonyl (C=O) groups is 1. The second-order valence-electron chi connectivity index (χ2n) is 9.03. The Bertz CT molecular complexity index is 1300. The molecule has 0 unspecified atom stereocenters. The summed E-state index contributed by atoms with van der Waals surface area (Å²) in [4.78, 5) is 17.8. The highest BCUT2D eigenvalue weighted by molar-refractivity contribution is 7.89. The Morgan fingerprint density at radius 1 is 1.00 bits per heavy atom. The molecule has 2 aromatic heterocycles. The molecule has 1 aromatic carbocycles. The van der Waals surface area contributed by atoms with Crippen molar-refractivity contribution < 1.29 is 13.2 Å². The summed E-state index contributed by atoms with van der Waals surface area (Å²) < 4.78 is 30.2. The zero-order valence-corrected chi connectivity index (χ0v) is 21.1. The van der Waals surface area contributed by atoms with E-state index in [-0.39, 0.29) is 11.8 Å². The number of carbonyl (C=O) groups excluding carboxylic acids is 1. The monoisotopic (exact) mass is 481 g/mol. The highest BCUT2D eigenvalue weighted by atomic mass is 32.2. The van der Waals surface area contributed by atoms with Crippen molar-refractivity contribution in [2.24, 2.45) is 5.92 Å². The molecule has 1 saturated heterocycles. The standard InChI is InChI=1S/C25H31N5O3S/c1-16-14-17(2)20(5)24(19(16)4)34(32,33)29-12-9-21(10-13-29)25(31)27-23-15-18(3)28-30(23)22-8-6-7-11-26-22/h6-8,11,14-15,21H,9-10,12-13H2,1-5H3,(H,27,31). The second kappa shape index (κ2) is 9.31. The minimum Gasteiger partial charge on any atom is -0.310 e. The van der Waals surface area contributed by atoms with Crippen LogP contribution in [0.25, 0.3) is 5.82 Å². The van der Waals surface area contributed by atoms with Crippen molar-refractivity contribution in [3.8, 4) is 5.82 Å². The number of amides is 1. The smallest absolute Gasteiger partial charge is 0.243 e. The third-order valence-electron chi connectivity index (χ3n) is 6.67. The zero-order valence-electron chi connectivity index (χ0n) is 20.3. The van der Waals surface area contributed by atoms with E-state index in [1.54, 1.807) is 16.9 Å². The molecule has 180 valence electrons. The molecule has 0 radical (unpaired) electrons. The lowest BCUT2D eigenvalue weighted by Gasteiger charge is -2.31. The molecule has 1 N–H and O–H groups in total. The Labute approximate surface area is 201 Å². The molecule has 3 aromatic rings. The summed E-state index contributed by atoms with van der Waals surface area (Å²) in [7, 11) is -3.64. The molecular weight excluding hydrogens is 450 g/mol. The Morgan fingerprint density at radius 3 is 2.24 bits per heavy atom. The van der Waals surface area contributed by atoms with Gasteiger partial charge in [0.25, 0.3) is 0 Å². The molecule has 34 heavy (non-hydrogen) atoms. The van der Waals surface area contributed by atoms with Crippen LogP contribution in [0.3, 0.4) is 0 Å². The van der Waals surface area contributed by atoms with Crippen molar-refractivity contribution >= 4 is 21.7 Å². The normalized spacial score (nSPS) is 15.4. The number of anilines is 1. The number of benzene rings is 1. The number of rotatable bonds is 5. The van der Waals surface area contributed by atoms with E-state index in [9.17, 15) is 13.2 Å². The predicted molar refractivity (Wildman–Crippen MR) is 132 cm³/mol. The lowest BCUT2D eigenvalue weighted by molar-refractivity contribution is -0.120.